The lowest BCUT2D eigenvalue weighted by Gasteiger charge is -2.21. The molecule has 1 aliphatic heterocycles. The van der Waals surface area contributed by atoms with Crippen LogP contribution in [0.4, 0.5) is 0 Å². The number of amidine groups is 1. The summed E-state index contributed by atoms with van der Waals surface area (Å²) in [7, 11) is 3.63. The summed E-state index contributed by atoms with van der Waals surface area (Å²) < 4.78 is 0. The van der Waals surface area contributed by atoms with Gasteiger partial charge in [-0.1, -0.05) is 30.9 Å². The number of allylic oxidation sites excluding steroid dienone is 7. The molecule has 1 unspecified atom stereocenters. The second kappa shape index (κ2) is 17.0. The third-order valence-electron chi connectivity index (χ3n) is 5.99. The van der Waals surface area contributed by atoms with Gasteiger partial charge >= 0.3 is 0 Å². The molecule has 1 aliphatic carbocycles. The van der Waals surface area contributed by atoms with E-state index in [1.807, 2.05) is 49.8 Å². The maximum absolute atomic E-state index is 7.42. The number of nitrogens with zero attached hydrogens (tertiary/aromatic N) is 2. The van der Waals surface area contributed by atoms with Crippen LogP contribution in [0.2, 0.25) is 0 Å². The first kappa shape index (κ1) is 30.7. The molecule has 2 rings (SSSR count). The van der Waals surface area contributed by atoms with E-state index in [9.17, 15) is 0 Å². The van der Waals surface area contributed by atoms with Gasteiger partial charge in [0, 0.05) is 61.3 Å². The Balaban J connectivity index is 1.85. The Labute approximate surface area is 231 Å². The number of hydrogen-bond acceptors (Lipinski definition) is 9. The van der Waals surface area contributed by atoms with Gasteiger partial charge < -0.3 is 43.9 Å². The molecule has 10 heteroatoms. The first-order valence-electron chi connectivity index (χ1n) is 12.8. The van der Waals surface area contributed by atoms with E-state index in [0.717, 1.165) is 54.0 Å². The molecule has 11 N–H and O–H groups in total. The highest BCUT2D eigenvalue weighted by atomic mass is 15.0. The highest BCUT2D eigenvalue weighted by Crippen LogP contribution is 2.16. The summed E-state index contributed by atoms with van der Waals surface area (Å²) in [6, 6.07) is -0.0319. The number of nitrogens with two attached hydrogens (primary N) is 3. The van der Waals surface area contributed by atoms with Gasteiger partial charge in [-0.25, -0.2) is 0 Å². The van der Waals surface area contributed by atoms with Crippen LogP contribution in [0.3, 0.4) is 0 Å². The minimum atomic E-state index is -0.0319. The zero-order chi connectivity index (χ0) is 28.5. The Morgan fingerprint density at radius 3 is 2.77 bits per heavy atom. The summed E-state index contributed by atoms with van der Waals surface area (Å²) in [5.74, 6) is 0.698. The average molecular weight is 531 g/mol. The summed E-state index contributed by atoms with van der Waals surface area (Å²) in [5.41, 5.74) is 22.8. The van der Waals surface area contributed by atoms with Gasteiger partial charge in [0.15, 0.2) is 5.84 Å². The Hall–Kier alpha value is -4.57. The summed E-state index contributed by atoms with van der Waals surface area (Å²) in [6.07, 6.45) is 24.6. The van der Waals surface area contributed by atoms with Gasteiger partial charge in [-0.15, -0.1) is 0 Å². The number of nitrogens with one attached hydrogen (secondary N) is 5. The lowest BCUT2D eigenvalue weighted by molar-refractivity contribution is 0.609. The van der Waals surface area contributed by atoms with Crippen molar-refractivity contribution in [3.8, 4) is 0 Å². The molecule has 1 atom stereocenters. The topological polar surface area (TPSA) is 175 Å². The van der Waals surface area contributed by atoms with Crippen molar-refractivity contribution in [3.05, 3.63) is 107 Å². The maximum Gasteiger partial charge on any atom is 0.150 e. The molecular formula is C29H42N10. The number of rotatable bonds is 14. The minimum Gasteiger partial charge on any atom is -0.405 e. The summed E-state index contributed by atoms with van der Waals surface area (Å²) in [5, 5.41) is 20.6. The fraction of sp³-hybridized carbons (Fsp3) is 0.276. The SMILES string of the molecule is C=C(NC(/C=C\N)=C/N)C(CC1=CCC=C(C(=NC)N/C=C\CCNC2=CC=C(N)C(C=N)=CC2)N=C1)NC. The predicted octanol–water partition coefficient (Wildman–Crippen LogP) is 2.44. The zero-order valence-electron chi connectivity index (χ0n) is 22.9. The van der Waals surface area contributed by atoms with E-state index >= 15 is 0 Å². The predicted molar refractivity (Wildman–Crippen MR) is 165 cm³/mol. The third-order valence-corrected chi connectivity index (χ3v) is 5.99. The molecule has 2 aliphatic rings. The van der Waals surface area contributed by atoms with Gasteiger partial charge in [0.1, 0.15) is 5.70 Å². The van der Waals surface area contributed by atoms with Gasteiger partial charge in [-0.3, -0.25) is 9.98 Å². The summed E-state index contributed by atoms with van der Waals surface area (Å²) >= 11 is 0. The van der Waals surface area contributed by atoms with E-state index < -0.39 is 0 Å². The van der Waals surface area contributed by atoms with Crippen molar-refractivity contribution in [2.75, 3.05) is 20.6 Å². The first-order valence-corrected chi connectivity index (χ1v) is 12.8. The van der Waals surface area contributed by atoms with Crippen LogP contribution in [0, 0.1) is 5.41 Å². The van der Waals surface area contributed by atoms with Crippen molar-refractivity contribution >= 4 is 18.3 Å². The largest absolute Gasteiger partial charge is 0.405 e. The number of hydrogen-bond donors (Lipinski definition) is 8. The van der Waals surface area contributed by atoms with Gasteiger partial charge in [0.05, 0.1) is 11.7 Å². The smallest absolute Gasteiger partial charge is 0.150 e. The standard InChI is InChI=1S/C29H42N10/c1-21(39-25(19-32)13-14-30)28(34-2)17-22-7-6-8-27(38-20-22)29(35-3)37-16-5-4-15-36-24-10-9-23(18-31)26(33)12-11-24/h5,7-9,11-14,16,18-20,28,31,34,36,39H,1,4,6,10,15,17,30,32-33H2,2-3H3,(H,35,37)/b14-13-,16-5-,25-19+,31-18?. The van der Waals surface area contributed by atoms with E-state index in [0.29, 0.717) is 23.7 Å². The van der Waals surface area contributed by atoms with Crippen LogP contribution < -0.4 is 38.5 Å². The van der Waals surface area contributed by atoms with Crippen LogP contribution in [-0.2, 0) is 0 Å². The normalized spacial score (nSPS) is 17.3. The number of aliphatic imine (C=N–C) groups is 2. The van der Waals surface area contributed by atoms with E-state index in [1.165, 1.54) is 18.6 Å². The molecule has 208 valence electrons. The molecule has 0 bridgehead atoms. The molecule has 39 heavy (non-hydrogen) atoms. The van der Waals surface area contributed by atoms with Gasteiger partial charge in [0.25, 0.3) is 0 Å². The maximum atomic E-state index is 7.42. The van der Waals surface area contributed by atoms with E-state index in [-0.39, 0.29) is 6.04 Å². The Morgan fingerprint density at radius 2 is 2.08 bits per heavy atom. The van der Waals surface area contributed by atoms with Crippen molar-refractivity contribution in [2.45, 2.75) is 31.7 Å². The van der Waals surface area contributed by atoms with Crippen LogP contribution in [0.15, 0.2) is 117 Å². The number of likely N-dealkylation sites (N-methyl/N-ethyl adjacent to an activating group) is 1. The average Bonchev–Trinajstić information content (AvgIpc) is 3.28. The zero-order valence-corrected chi connectivity index (χ0v) is 22.9. The lowest BCUT2D eigenvalue weighted by atomic mass is 10.0. The molecule has 0 fully saturated rings. The molecule has 0 amide bonds. The fourth-order valence-electron chi connectivity index (χ4n) is 3.78. The quantitative estimate of drug-likeness (QED) is 0.0736. The molecule has 1 heterocycles. The first-order chi connectivity index (χ1) is 18.9. The van der Waals surface area contributed by atoms with Crippen LogP contribution in [0.1, 0.15) is 25.7 Å². The molecule has 10 nitrogen and oxygen atoms in total. The summed E-state index contributed by atoms with van der Waals surface area (Å²) in [6.45, 7) is 4.92. The lowest BCUT2D eigenvalue weighted by Crippen LogP contribution is -2.34. The fourth-order valence-corrected chi connectivity index (χ4v) is 3.78. The second-order valence-electron chi connectivity index (χ2n) is 8.70. The van der Waals surface area contributed by atoms with Crippen LogP contribution in [0.5, 0.6) is 0 Å². The third kappa shape index (κ3) is 10.4. The van der Waals surface area contributed by atoms with Gasteiger partial charge in [0.2, 0.25) is 0 Å². The van der Waals surface area contributed by atoms with E-state index in [4.69, 9.17) is 22.6 Å². The van der Waals surface area contributed by atoms with Crippen molar-refractivity contribution in [3.63, 3.8) is 0 Å². The minimum absolute atomic E-state index is 0.0319. The van der Waals surface area contributed by atoms with Gasteiger partial charge in [-0.2, -0.15) is 0 Å². The summed E-state index contributed by atoms with van der Waals surface area (Å²) in [4.78, 5) is 9.06. The van der Waals surface area contributed by atoms with Crippen molar-refractivity contribution in [1.82, 2.24) is 21.3 Å². The van der Waals surface area contributed by atoms with Crippen LogP contribution >= 0.6 is 0 Å². The highest BCUT2D eigenvalue weighted by Gasteiger charge is 2.14. The Bertz CT molecular complexity index is 1170. The van der Waals surface area contributed by atoms with Crippen molar-refractivity contribution < 1.29 is 0 Å². The molecule has 0 spiro atoms. The van der Waals surface area contributed by atoms with E-state index in [2.05, 4.69) is 43.9 Å². The van der Waals surface area contributed by atoms with E-state index in [1.54, 1.807) is 13.1 Å². The monoisotopic (exact) mass is 530 g/mol. The Morgan fingerprint density at radius 1 is 1.26 bits per heavy atom. The molecule has 0 saturated carbocycles. The molecular weight excluding hydrogens is 488 g/mol. The van der Waals surface area contributed by atoms with Crippen LogP contribution in [0.25, 0.3) is 0 Å². The molecule has 0 aromatic rings. The van der Waals surface area contributed by atoms with Gasteiger partial charge in [-0.05, 0) is 62.5 Å². The van der Waals surface area contributed by atoms with Crippen LogP contribution in [-0.4, -0.2) is 44.9 Å². The Kier molecular flexibility index (Phi) is 13.4. The molecule has 0 aromatic heterocycles. The van der Waals surface area contributed by atoms with Crippen molar-refractivity contribution in [2.24, 2.45) is 27.2 Å². The molecule has 0 radical (unpaired) electrons. The highest BCUT2D eigenvalue weighted by molar-refractivity contribution is 6.00. The molecule has 0 saturated heterocycles. The van der Waals surface area contributed by atoms with Crippen molar-refractivity contribution in [1.29, 1.82) is 5.41 Å². The molecule has 0 aromatic carbocycles. The second-order valence-corrected chi connectivity index (χ2v) is 8.70.